The molecule has 0 unspecified atom stereocenters. The number of benzene rings is 1. The molecule has 86 valence electrons. The Bertz CT molecular complexity index is 442. The SMILES string of the molecule is CN(C(=N)N=C(N)N)c1ccc(Cl)cc1Br. The predicted molar refractivity (Wildman–Crippen MR) is 71.1 cm³/mol. The van der Waals surface area contributed by atoms with Gasteiger partial charge in [-0.3, -0.25) is 5.41 Å². The van der Waals surface area contributed by atoms with Crippen LogP contribution in [0.15, 0.2) is 27.7 Å². The maximum atomic E-state index is 7.64. The summed E-state index contributed by atoms with van der Waals surface area (Å²) in [4.78, 5) is 5.17. The number of hydrogen-bond acceptors (Lipinski definition) is 1. The van der Waals surface area contributed by atoms with Crippen LogP contribution in [0.25, 0.3) is 0 Å². The molecule has 0 aliphatic rings. The predicted octanol–water partition coefficient (Wildman–Crippen LogP) is 1.75. The fourth-order valence-corrected chi connectivity index (χ4v) is 2.01. The average Bonchev–Trinajstić information content (AvgIpc) is 2.15. The van der Waals surface area contributed by atoms with Crippen LogP contribution < -0.4 is 16.4 Å². The summed E-state index contributed by atoms with van der Waals surface area (Å²) < 4.78 is 0.762. The van der Waals surface area contributed by atoms with Gasteiger partial charge in [0, 0.05) is 16.5 Å². The zero-order chi connectivity index (χ0) is 12.3. The molecule has 7 heteroatoms. The second-order valence-electron chi connectivity index (χ2n) is 3.02. The lowest BCUT2D eigenvalue weighted by molar-refractivity contribution is 1.18. The number of rotatable bonds is 1. The molecule has 1 rings (SSSR count). The highest BCUT2D eigenvalue weighted by Crippen LogP contribution is 2.28. The Balaban J connectivity index is 3.01. The lowest BCUT2D eigenvalue weighted by Gasteiger charge is -2.18. The molecule has 0 aromatic heterocycles. The van der Waals surface area contributed by atoms with E-state index in [2.05, 4.69) is 20.9 Å². The van der Waals surface area contributed by atoms with E-state index < -0.39 is 0 Å². The molecular formula is C9H11BrClN5. The van der Waals surface area contributed by atoms with Crippen molar-refractivity contribution in [2.45, 2.75) is 0 Å². The van der Waals surface area contributed by atoms with Gasteiger partial charge >= 0.3 is 0 Å². The zero-order valence-corrected chi connectivity index (χ0v) is 10.9. The van der Waals surface area contributed by atoms with Crippen molar-refractivity contribution < 1.29 is 0 Å². The van der Waals surface area contributed by atoms with Crippen molar-refractivity contribution in [2.75, 3.05) is 11.9 Å². The summed E-state index contributed by atoms with van der Waals surface area (Å²) in [6.07, 6.45) is 0. The van der Waals surface area contributed by atoms with Gasteiger partial charge in [-0.1, -0.05) is 11.6 Å². The molecule has 0 amide bonds. The van der Waals surface area contributed by atoms with Gasteiger partial charge in [0.05, 0.1) is 5.69 Å². The van der Waals surface area contributed by atoms with Gasteiger partial charge in [0.1, 0.15) is 0 Å². The van der Waals surface area contributed by atoms with Crippen LogP contribution in [-0.2, 0) is 0 Å². The molecule has 0 radical (unpaired) electrons. The molecule has 0 aliphatic carbocycles. The van der Waals surface area contributed by atoms with Crippen LogP contribution in [-0.4, -0.2) is 19.0 Å². The Morgan fingerprint density at radius 3 is 2.62 bits per heavy atom. The summed E-state index contributed by atoms with van der Waals surface area (Å²) in [5.41, 5.74) is 11.1. The molecule has 0 bridgehead atoms. The highest BCUT2D eigenvalue weighted by Gasteiger charge is 2.10. The van der Waals surface area contributed by atoms with Crippen LogP contribution in [0.2, 0.25) is 5.02 Å². The Labute approximate surface area is 107 Å². The Hall–Kier alpha value is -1.27. The van der Waals surface area contributed by atoms with Crippen molar-refractivity contribution in [1.82, 2.24) is 0 Å². The summed E-state index contributed by atoms with van der Waals surface area (Å²) in [7, 11) is 1.68. The minimum atomic E-state index is -0.151. The molecule has 16 heavy (non-hydrogen) atoms. The number of anilines is 1. The molecular weight excluding hydrogens is 293 g/mol. The van der Waals surface area contributed by atoms with Gasteiger partial charge in [-0.15, -0.1) is 0 Å². The lowest BCUT2D eigenvalue weighted by Crippen LogP contribution is -2.30. The van der Waals surface area contributed by atoms with E-state index in [1.807, 2.05) is 0 Å². The number of hydrogen-bond donors (Lipinski definition) is 3. The maximum Gasteiger partial charge on any atom is 0.225 e. The molecule has 0 aliphatic heterocycles. The van der Waals surface area contributed by atoms with E-state index >= 15 is 0 Å². The standard InChI is InChI=1S/C9H11BrClN5/c1-16(9(14)15-8(12)13)7-3-2-5(11)4-6(7)10/h2-4H,1H3,(H5,12,13,14,15). The highest BCUT2D eigenvalue weighted by atomic mass is 79.9. The highest BCUT2D eigenvalue weighted by molar-refractivity contribution is 9.10. The number of guanidine groups is 2. The first-order valence-corrected chi connectivity index (χ1v) is 5.46. The maximum absolute atomic E-state index is 7.64. The third-order valence-electron chi connectivity index (χ3n) is 1.82. The van der Waals surface area contributed by atoms with Crippen LogP contribution in [0.3, 0.4) is 0 Å². The number of nitrogens with two attached hydrogens (primary N) is 2. The monoisotopic (exact) mass is 303 g/mol. The van der Waals surface area contributed by atoms with Crippen LogP contribution in [0.5, 0.6) is 0 Å². The van der Waals surface area contributed by atoms with Crippen LogP contribution in [0, 0.1) is 5.41 Å². The van der Waals surface area contributed by atoms with E-state index in [1.54, 1.807) is 25.2 Å². The second-order valence-corrected chi connectivity index (χ2v) is 4.31. The molecule has 0 saturated heterocycles. The minimum Gasteiger partial charge on any atom is -0.370 e. The van der Waals surface area contributed by atoms with Crippen molar-refractivity contribution in [3.05, 3.63) is 27.7 Å². The Morgan fingerprint density at radius 2 is 2.12 bits per heavy atom. The number of halogens is 2. The van der Waals surface area contributed by atoms with Crippen molar-refractivity contribution in [2.24, 2.45) is 16.5 Å². The third kappa shape index (κ3) is 3.11. The summed E-state index contributed by atoms with van der Waals surface area (Å²) in [5.74, 6) is -0.204. The van der Waals surface area contributed by atoms with Gasteiger partial charge in [0.2, 0.25) is 5.96 Å². The van der Waals surface area contributed by atoms with E-state index in [-0.39, 0.29) is 11.9 Å². The zero-order valence-electron chi connectivity index (χ0n) is 8.54. The van der Waals surface area contributed by atoms with Crippen LogP contribution >= 0.6 is 27.5 Å². The molecule has 0 spiro atoms. The lowest BCUT2D eigenvalue weighted by atomic mass is 10.3. The quantitative estimate of drug-likeness (QED) is 0.545. The van der Waals surface area contributed by atoms with E-state index in [1.165, 1.54) is 4.90 Å². The van der Waals surface area contributed by atoms with E-state index in [4.69, 9.17) is 28.5 Å². The van der Waals surface area contributed by atoms with Gasteiger partial charge in [-0.2, -0.15) is 4.99 Å². The number of nitrogens with one attached hydrogen (secondary N) is 1. The summed E-state index contributed by atoms with van der Waals surface area (Å²) in [5, 5.41) is 8.25. The van der Waals surface area contributed by atoms with Crippen molar-refractivity contribution in [3.63, 3.8) is 0 Å². The van der Waals surface area contributed by atoms with Gasteiger partial charge < -0.3 is 16.4 Å². The molecule has 0 fully saturated rings. The summed E-state index contributed by atoms with van der Waals surface area (Å²) in [6.45, 7) is 0. The van der Waals surface area contributed by atoms with Crippen LogP contribution in [0.1, 0.15) is 0 Å². The number of nitrogens with zero attached hydrogens (tertiary/aromatic N) is 2. The van der Waals surface area contributed by atoms with Crippen molar-refractivity contribution >= 4 is 45.1 Å². The Morgan fingerprint density at radius 1 is 1.50 bits per heavy atom. The van der Waals surface area contributed by atoms with Crippen LogP contribution in [0.4, 0.5) is 5.69 Å². The molecule has 1 aromatic rings. The molecule has 5 nitrogen and oxygen atoms in total. The third-order valence-corrected chi connectivity index (χ3v) is 2.69. The van der Waals surface area contributed by atoms with E-state index in [9.17, 15) is 0 Å². The smallest absolute Gasteiger partial charge is 0.225 e. The largest absolute Gasteiger partial charge is 0.370 e. The van der Waals surface area contributed by atoms with Gasteiger partial charge in [-0.25, -0.2) is 0 Å². The minimum absolute atomic E-state index is 0.0528. The van der Waals surface area contributed by atoms with Gasteiger partial charge in [0.25, 0.3) is 0 Å². The van der Waals surface area contributed by atoms with Gasteiger partial charge in [0.15, 0.2) is 5.96 Å². The van der Waals surface area contributed by atoms with E-state index in [0.717, 1.165) is 10.2 Å². The normalized spacial score (nSPS) is 9.69. The average molecular weight is 305 g/mol. The molecule has 1 aromatic carbocycles. The molecule has 0 atom stereocenters. The molecule has 0 heterocycles. The van der Waals surface area contributed by atoms with Crippen molar-refractivity contribution in [3.8, 4) is 0 Å². The Kier molecular flexibility index (Phi) is 4.14. The van der Waals surface area contributed by atoms with Crippen molar-refractivity contribution in [1.29, 1.82) is 5.41 Å². The second kappa shape index (κ2) is 5.18. The fourth-order valence-electron chi connectivity index (χ4n) is 1.06. The first-order chi connectivity index (χ1) is 7.41. The summed E-state index contributed by atoms with van der Waals surface area (Å²) in [6, 6.07) is 5.22. The topological polar surface area (TPSA) is 91.5 Å². The molecule has 0 saturated carbocycles. The van der Waals surface area contributed by atoms with Gasteiger partial charge in [-0.05, 0) is 34.1 Å². The first-order valence-electron chi connectivity index (χ1n) is 4.28. The number of aliphatic imine (C=N–C) groups is 1. The first kappa shape index (κ1) is 12.8. The fraction of sp³-hybridized carbons (Fsp3) is 0.111. The van der Waals surface area contributed by atoms with E-state index in [0.29, 0.717) is 5.02 Å². The summed E-state index contributed by atoms with van der Waals surface area (Å²) >= 11 is 9.16. The molecule has 5 N–H and O–H groups in total.